The Balaban J connectivity index is 1.75. The summed E-state index contributed by atoms with van der Waals surface area (Å²) in [7, 11) is 0. The van der Waals surface area contributed by atoms with Crippen LogP contribution >= 0.6 is 11.6 Å². The molecule has 1 saturated carbocycles. The first-order valence-corrected chi connectivity index (χ1v) is 11.3. The number of hydrogen-bond donors (Lipinski definition) is 2. The summed E-state index contributed by atoms with van der Waals surface area (Å²) in [6, 6.07) is 5.85. The Bertz CT molecular complexity index is 1040. The summed E-state index contributed by atoms with van der Waals surface area (Å²) in [5, 5.41) is 15.1. The molecule has 1 aromatic carbocycles. The number of nitrogens with one attached hydrogen (secondary N) is 2. The Hall–Kier alpha value is -2.94. The van der Waals surface area contributed by atoms with E-state index in [2.05, 4.69) is 20.8 Å². The molecule has 2 amide bonds. The van der Waals surface area contributed by atoms with Crippen molar-refractivity contribution in [1.29, 1.82) is 0 Å². The molecule has 1 aliphatic carbocycles. The van der Waals surface area contributed by atoms with E-state index in [0.29, 0.717) is 29.8 Å². The third-order valence-electron chi connectivity index (χ3n) is 5.27. The summed E-state index contributed by atoms with van der Waals surface area (Å²) < 4.78 is 10.5. The zero-order chi connectivity index (χ0) is 24.2. The van der Waals surface area contributed by atoms with Crippen molar-refractivity contribution in [2.75, 3.05) is 6.61 Å². The fourth-order valence-electron chi connectivity index (χ4n) is 3.80. The van der Waals surface area contributed by atoms with Gasteiger partial charge < -0.3 is 20.1 Å². The van der Waals surface area contributed by atoms with Crippen molar-refractivity contribution >= 4 is 40.5 Å². The lowest BCUT2D eigenvalue weighted by Gasteiger charge is -2.36. The number of carbonyl (C=O) groups is 3. The third-order valence-corrected chi connectivity index (χ3v) is 5.51. The lowest BCUT2D eigenvalue weighted by molar-refractivity contribution is -0.149. The highest BCUT2D eigenvalue weighted by molar-refractivity contribution is 6.31. The highest BCUT2D eigenvalue weighted by Gasteiger charge is 2.37. The molecule has 0 unspecified atom stereocenters. The first kappa shape index (κ1) is 24.7. The van der Waals surface area contributed by atoms with Gasteiger partial charge in [0.2, 0.25) is 0 Å². The van der Waals surface area contributed by atoms with Crippen LogP contribution in [0.15, 0.2) is 24.3 Å². The van der Waals surface area contributed by atoms with Crippen molar-refractivity contribution in [2.24, 2.45) is 5.92 Å². The highest BCUT2D eigenvalue weighted by atomic mass is 35.5. The van der Waals surface area contributed by atoms with Crippen LogP contribution in [-0.4, -0.2) is 52.5 Å². The summed E-state index contributed by atoms with van der Waals surface area (Å²) in [4.78, 5) is 37.6. The van der Waals surface area contributed by atoms with E-state index in [1.54, 1.807) is 52.0 Å². The molecule has 178 valence electrons. The van der Waals surface area contributed by atoms with Crippen LogP contribution in [0.25, 0.3) is 10.9 Å². The Morgan fingerprint density at radius 3 is 2.55 bits per heavy atom. The van der Waals surface area contributed by atoms with E-state index < -0.39 is 29.7 Å². The van der Waals surface area contributed by atoms with Gasteiger partial charge in [-0.2, -0.15) is 0 Å². The zero-order valence-electron chi connectivity index (χ0n) is 19.2. The molecule has 2 aromatic rings. The Labute approximate surface area is 197 Å². The molecule has 0 bridgehead atoms. The topological polar surface area (TPSA) is 120 Å². The minimum absolute atomic E-state index is 0.147. The minimum Gasteiger partial charge on any atom is -0.466 e. The monoisotopic (exact) mass is 476 g/mol. The maximum atomic E-state index is 12.9. The SMILES string of the molecule is CCOC(=O)[C@H]1CC[C@H](NC(=O)c2cc3ccc(Cl)cc3nn2)[C@H](NC(=O)OC(C)(C)C)C1. The zero-order valence-corrected chi connectivity index (χ0v) is 19.9. The molecule has 0 radical (unpaired) electrons. The van der Waals surface area contributed by atoms with Gasteiger partial charge in [0, 0.05) is 16.5 Å². The van der Waals surface area contributed by atoms with Crippen molar-refractivity contribution in [1.82, 2.24) is 20.8 Å². The molecule has 33 heavy (non-hydrogen) atoms. The summed E-state index contributed by atoms with van der Waals surface area (Å²) in [6.07, 6.45) is 0.716. The van der Waals surface area contributed by atoms with Crippen molar-refractivity contribution < 1.29 is 23.9 Å². The predicted molar refractivity (Wildman–Crippen MR) is 123 cm³/mol. The van der Waals surface area contributed by atoms with Crippen molar-refractivity contribution in [2.45, 2.75) is 64.6 Å². The van der Waals surface area contributed by atoms with Gasteiger partial charge in [0.25, 0.3) is 5.91 Å². The van der Waals surface area contributed by atoms with Crippen LogP contribution in [0.5, 0.6) is 0 Å². The number of alkyl carbamates (subject to hydrolysis) is 1. The number of ether oxygens (including phenoxy) is 2. The van der Waals surface area contributed by atoms with E-state index >= 15 is 0 Å². The molecule has 1 heterocycles. The molecule has 0 aliphatic heterocycles. The average molecular weight is 477 g/mol. The number of aromatic nitrogens is 2. The van der Waals surface area contributed by atoms with Gasteiger partial charge in [0.1, 0.15) is 5.60 Å². The van der Waals surface area contributed by atoms with Crippen molar-refractivity contribution in [3.05, 3.63) is 35.0 Å². The van der Waals surface area contributed by atoms with Crippen LogP contribution in [0.3, 0.4) is 0 Å². The number of rotatable bonds is 5. The van der Waals surface area contributed by atoms with Gasteiger partial charge in [-0.05, 0) is 65.2 Å². The fourth-order valence-corrected chi connectivity index (χ4v) is 3.96. The third kappa shape index (κ3) is 6.77. The van der Waals surface area contributed by atoms with E-state index in [4.69, 9.17) is 21.1 Å². The predicted octanol–water partition coefficient (Wildman–Crippen LogP) is 3.64. The molecule has 3 rings (SSSR count). The second-order valence-corrected chi connectivity index (χ2v) is 9.46. The first-order valence-electron chi connectivity index (χ1n) is 11.0. The van der Waals surface area contributed by atoms with Gasteiger partial charge in [-0.3, -0.25) is 9.59 Å². The van der Waals surface area contributed by atoms with Gasteiger partial charge in [0.05, 0.1) is 24.1 Å². The molecule has 1 fully saturated rings. The van der Waals surface area contributed by atoms with Crippen LogP contribution in [0, 0.1) is 5.92 Å². The molecule has 9 nitrogen and oxygen atoms in total. The number of esters is 1. The van der Waals surface area contributed by atoms with Gasteiger partial charge in [0.15, 0.2) is 5.69 Å². The fraction of sp³-hybridized carbons (Fsp3) is 0.522. The Morgan fingerprint density at radius 2 is 1.85 bits per heavy atom. The quantitative estimate of drug-likeness (QED) is 0.632. The second-order valence-electron chi connectivity index (χ2n) is 9.03. The minimum atomic E-state index is -0.679. The molecular formula is C23H29ClN4O5. The summed E-state index contributed by atoms with van der Waals surface area (Å²) in [6.45, 7) is 7.32. The summed E-state index contributed by atoms with van der Waals surface area (Å²) >= 11 is 5.98. The van der Waals surface area contributed by atoms with E-state index in [1.165, 1.54) is 0 Å². The van der Waals surface area contributed by atoms with Crippen LogP contribution in [0.1, 0.15) is 57.4 Å². The molecule has 1 aliphatic rings. The normalized spacial score (nSPS) is 20.7. The maximum Gasteiger partial charge on any atom is 0.407 e. The number of nitrogens with zero attached hydrogens (tertiary/aromatic N) is 2. The maximum absolute atomic E-state index is 12.9. The smallest absolute Gasteiger partial charge is 0.407 e. The number of halogens is 1. The summed E-state index contributed by atoms with van der Waals surface area (Å²) in [5.41, 5.74) is 0.0496. The van der Waals surface area contributed by atoms with E-state index in [9.17, 15) is 14.4 Å². The number of hydrogen-bond acceptors (Lipinski definition) is 7. The molecule has 2 N–H and O–H groups in total. The molecule has 10 heteroatoms. The number of fused-ring (bicyclic) bond motifs is 1. The average Bonchev–Trinajstić information content (AvgIpc) is 2.73. The summed E-state index contributed by atoms with van der Waals surface area (Å²) in [5.74, 6) is -1.10. The van der Waals surface area contributed by atoms with Crippen LogP contribution in [0.4, 0.5) is 4.79 Å². The molecule has 0 saturated heterocycles. The van der Waals surface area contributed by atoms with Crippen molar-refractivity contribution in [3.8, 4) is 0 Å². The van der Waals surface area contributed by atoms with Crippen molar-refractivity contribution in [3.63, 3.8) is 0 Å². The van der Waals surface area contributed by atoms with Gasteiger partial charge in [-0.1, -0.05) is 17.7 Å². The van der Waals surface area contributed by atoms with E-state index in [-0.39, 0.29) is 24.2 Å². The number of carbonyl (C=O) groups excluding carboxylic acids is 3. The molecule has 3 atom stereocenters. The molecule has 0 spiro atoms. The Kier molecular flexibility index (Phi) is 7.73. The molecular weight excluding hydrogens is 448 g/mol. The van der Waals surface area contributed by atoms with Crippen LogP contribution in [-0.2, 0) is 14.3 Å². The van der Waals surface area contributed by atoms with Gasteiger partial charge >= 0.3 is 12.1 Å². The van der Waals surface area contributed by atoms with E-state index in [0.717, 1.165) is 5.39 Å². The van der Waals surface area contributed by atoms with Crippen LogP contribution < -0.4 is 10.6 Å². The Morgan fingerprint density at radius 1 is 1.09 bits per heavy atom. The second kappa shape index (κ2) is 10.3. The van der Waals surface area contributed by atoms with E-state index in [1.807, 2.05) is 0 Å². The van der Waals surface area contributed by atoms with Gasteiger partial charge in [-0.25, -0.2) is 4.79 Å². The lowest BCUT2D eigenvalue weighted by Crippen LogP contribution is -2.56. The largest absolute Gasteiger partial charge is 0.466 e. The number of amides is 2. The lowest BCUT2D eigenvalue weighted by atomic mass is 9.82. The van der Waals surface area contributed by atoms with Crippen LogP contribution in [0.2, 0.25) is 5.02 Å². The molecule has 1 aromatic heterocycles. The first-order chi connectivity index (χ1) is 15.6. The number of benzene rings is 1. The van der Waals surface area contributed by atoms with Gasteiger partial charge in [-0.15, -0.1) is 10.2 Å². The standard InChI is InChI=1S/C23H29ClN4O5/c1-5-32-21(30)14-7-9-16(18(11-14)26-22(31)33-23(2,3)4)25-20(29)19-10-13-6-8-15(24)12-17(13)27-28-19/h6,8,10,12,14,16,18H,5,7,9,11H2,1-4H3,(H,25,29)(H,26,31)/t14-,16-,18+/m0/s1. The highest BCUT2D eigenvalue weighted by Crippen LogP contribution is 2.27.